The summed E-state index contributed by atoms with van der Waals surface area (Å²) in [7, 11) is 0. The van der Waals surface area contributed by atoms with E-state index in [1.807, 2.05) is 13.0 Å². The van der Waals surface area contributed by atoms with Crippen LogP contribution in [0.25, 0.3) is 0 Å². The van der Waals surface area contributed by atoms with Crippen LogP contribution >= 0.6 is 11.3 Å². The monoisotopic (exact) mass is 305 g/mol. The minimum absolute atomic E-state index is 0.0541. The van der Waals surface area contributed by atoms with Crippen molar-refractivity contribution in [2.24, 2.45) is 0 Å². The number of nitrogens with zero attached hydrogens (tertiary/aromatic N) is 2. The van der Waals surface area contributed by atoms with Crippen LogP contribution in [0.15, 0.2) is 18.5 Å². The van der Waals surface area contributed by atoms with Gasteiger partial charge in [0.1, 0.15) is 4.88 Å². The van der Waals surface area contributed by atoms with Crippen LogP contribution in [-0.4, -0.2) is 28.3 Å². The number of anilines is 2. The zero-order valence-corrected chi connectivity index (χ0v) is 12.8. The lowest BCUT2D eigenvalue weighted by Gasteiger charge is -2.04. The second kappa shape index (κ2) is 6.45. The van der Waals surface area contributed by atoms with Crippen molar-refractivity contribution in [3.8, 4) is 0 Å². The van der Waals surface area contributed by atoms with Crippen molar-refractivity contribution in [1.29, 1.82) is 0 Å². The number of aryl methyl sites for hydroxylation is 1. The summed E-state index contributed by atoms with van der Waals surface area (Å²) in [5.41, 5.74) is 1.82. The van der Waals surface area contributed by atoms with Crippen molar-refractivity contribution in [2.75, 3.05) is 11.9 Å². The Balaban J connectivity index is 2.34. The van der Waals surface area contributed by atoms with Gasteiger partial charge >= 0.3 is 5.97 Å². The van der Waals surface area contributed by atoms with Crippen LogP contribution < -0.4 is 5.32 Å². The molecule has 0 bridgehead atoms. The van der Waals surface area contributed by atoms with E-state index in [0.717, 1.165) is 22.6 Å². The van der Waals surface area contributed by atoms with Gasteiger partial charge in [0, 0.05) is 13.1 Å². The van der Waals surface area contributed by atoms with Gasteiger partial charge in [-0.1, -0.05) is 11.3 Å². The van der Waals surface area contributed by atoms with E-state index < -0.39 is 5.97 Å². The average Bonchev–Trinajstić information content (AvgIpc) is 2.86. The number of carbonyl (C=O) groups is 2. The smallest absolute Gasteiger partial charge is 0.358 e. The summed E-state index contributed by atoms with van der Waals surface area (Å²) in [6.07, 6.45) is 3.35. The van der Waals surface area contributed by atoms with Crippen LogP contribution in [0, 0.1) is 6.92 Å². The molecule has 2 heterocycles. The van der Waals surface area contributed by atoms with E-state index in [2.05, 4.69) is 15.3 Å². The molecule has 0 spiro atoms. The fourth-order valence-electron chi connectivity index (χ4n) is 1.66. The molecule has 0 aromatic carbocycles. The van der Waals surface area contributed by atoms with E-state index in [0.29, 0.717) is 5.13 Å². The predicted molar refractivity (Wildman–Crippen MR) is 80.3 cm³/mol. The summed E-state index contributed by atoms with van der Waals surface area (Å²) >= 11 is 1.12. The van der Waals surface area contributed by atoms with Crippen molar-refractivity contribution in [1.82, 2.24) is 9.97 Å². The van der Waals surface area contributed by atoms with E-state index in [4.69, 9.17) is 4.74 Å². The van der Waals surface area contributed by atoms with Crippen LogP contribution in [0.3, 0.4) is 0 Å². The van der Waals surface area contributed by atoms with Crippen molar-refractivity contribution >= 4 is 33.9 Å². The number of Topliss-reactive ketones (excluding diaryl/α,β-unsaturated/α-hetero) is 1. The molecule has 7 heteroatoms. The molecule has 2 rings (SSSR count). The Morgan fingerprint density at radius 3 is 2.81 bits per heavy atom. The molecule has 0 saturated carbocycles. The number of hydrogen-bond donors (Lipinski definition) is 1. The Labute approximate surface area is 126 Å². The van der Waals surface area contributed by atoms with E-state index in [1.165, 1.54) is 6.92 Å². The maximum absolute atomic E-state index is 11.8. The molecule has 0 aliphatic heterocycles. The maximum Gasteiger partial charge on any atom is 0.358 e. The summed E-state index contributed by atoms with van der Waals surface area (Å²) in [4.78, 5) is 31.9. The lowest BCUT2D eigenvalue weighted by atomic mass is 10.2. The predicted octanol–water partition coefficient (Wildman–Crippen LogP) is 2.97. The molecule has 0 radical (unpaired) electrons. The first-order chi connectivity index (χ1) is 10.0. The second-order valence-corrected chi connectivity index (χ2v) is 5.29. The number of aromatic nitrogens is 2. The third kappa shape index (κ3) is 3.43. The zero-order valence-electron chi connectivity index (χ0n) is 12.0. The summed E-state index contributed by atoms with van der Waals surface area (Å²) in [5, 5.41) is 3.53. The van der Waals surface area contributed by atoms with Crippen molar-refractivity contribution < 1.29 is 14.3 Å². The largest absolute Gasteiger partial charge is 0.461 e. The molecule has 2 aromatic heterocycles. The molecule has 6 nitrogen and oxygen atoms in total. The first-order valence-corrected chi connectivity index (χ1v) is 7.21. The van der Waals surface area contributed by atoms with Gasteiger partial charge in [-0.25, -0.2) is 9.78 Å². The molecule has 0 aliphatic rings. The third-order valence-electron chi connectivity index (χ3n) is 2.70. The topological polar surface area (TPSA) is 81.2 Å². The van der Waals surface area contributed by atoms with Gasteiger partial charge in [-0.2, -0.15) is 0 Å². The molecule has 0 amide bonds. The second-order valence-electron chi connectivity index (χ2n) is 4.29. The molecule has 0 aliphatic carbocycles. The Morgan fingerprint density at radius 1 is 1.43 bits per heavy atom. The molecule has 2 aromatic rings. The van der Waals surface area contributed by atoms with E-state index in [-0.39, 0.29) is 23.0 Å². The molecular weight excluding hydrogens is 290 g/mol. The summed E-state index contributed by atoms with van der Waals surface area (Å²) in [5.74, 6) is -0.804. The fraction of sp³-hybridized carbons (Fsp3) is 0.286. The van der Waals surface area contributed by atoms with Gasteiger partial charge in [0.05, 0.1) is 18.5 Å². The average molecular weight is 305 g/mol. The van der Waals surface area contributed by atoms with Gasteiger partial charge in [0.15, 0.2) is 16.6 Å². The Hall–Kier alpha value is -2.28. The van der Waals surface area contributed by atoms with Crippen LogP contribution in [0.5, 0.6) is 0 Å². The van der Waals surface area contributed by atoms with Crippen LogP contribution in [0.4, 0.5) is 10.8 Å². The van der Waals surface area contributed by atoms with Gasteiger partial charge in [-0.05, 0) is 25.5 Å². The Bertz CT molecular complexity index is 682. The SMILES string of the molecule is CCOC(=O)c1nc(Nc2cnccc2C)sc1C(C)=O. The molecule has 1 N–H and O–H groups in total. The highest BCUT2D eigenvalue weighted by atomic mass is 32.1. The van der Waals surface area contributed by atoms with Gasteiger partial charge < -0.3 is 10.1 Å². The highest BCUT2D eigenvalue weighted by molar-refractivity contribution is 7.17. The number of carbonyl (C=O) groups excluding carboxylic acids is 2. The number of esters is 1. The number of thiazole rings is 1. The summed E-state index contributed by atoms with van der Waals surface area (Å²) < 4.78 is 4.92. The first-order valence-electron chi connectivity index (χ1n) is 6.39. The Morgan fingerprint density at radius 2 is 2.19 bits per heavy atom. The van der Waals surface area contributed by atoms with Crippen molar-refractivity contribution in [2.45, 2.75) is 20.8 Å². The maximum atomic E-state index is 11.8. The quantitative estimate of drug-likeness (QED) is 0.675. The van der Waals surface area contributed by atoms with Gasteiger partial charge in [0.2, 0.25) is 0 Å². The minimum Gasteiger partial charge on any atom is -0.461 e. The minimum atomic E-state index is -0.588. The van der Waals surface area contributed by atoms with E-state index in [1.54, 1.807) is 19.3 Å². The molecule has 0 saturated heterocycles. The first kappa shape index (κ1) is 15.1. The summed E-state index contributed by atoms with van der Waals surface area (Å²) in [6, 6.07) is 1.86. The number of nitrogens with one attached hydrogen (secondary N) is 1. The number of pyridine rings is 1. The number of ether oxygens (including phenoxy) is 1. The van der Waals surface area contributed by atoms with E-state index in [9.17, 15) is 9.59 Å². The number of ketones is 1. The van der Waals surface area contributed by atoms with Crippen molar-refractivity contribution in [3.63, 3.8) is 0 Å². The van der Waals surface area contributed by atoms with E-state index >= 15 is 0 Å². The molecule has 0 atom stereocenters. The molecule has 0 fully saturated rings. The molecular formula is C14H15N3O3S. The van der Waals surface area contributed by atoms with Gasteiger partial charge in [-0.3, -0.25) is 9.78 Å². The normalized spacial score (nSPS) is 10.2. The Kier molecular flexibility index (Phi) is 4.64. The van der Waals surface area contributed by atoms with Crippen LogP contribution in [0.2, 0.25) is 0 Å². The van der Waals surface area contributed by atoms with Gasteiger partial charge in [-0.15, -0.1) is 0 Å². The highest BCUT2D eigenvalue weighted by Gasteiger charge is 2.22. The zero-order chi connectivity index (χ0) is 15.4. The van der Waals surface area contributed by atoms with Gasteiger partial charge in [0.25, 0.3) is 0 Å². The molecule has 110 valence electrons. The lowest BCUT2D eigenvalue weighted by Crippen LogP contribution is -2.09. The fourth-order valence-corrected chi connectivity index (χ4v) is 2.52. The highest BCUT2D eigenvalue weighted by Crippen LogP contribution is 2.28. The molecule has 0 unspecified atom stereocenters. The summed E-state index contributed by atoms with van der Waals surface area (Å²) in [6.45, 7) is 5.26. The standard InChI is InChI=1S/C14H15N3O3S/c1-4-20-13(19)11-12(9(3)18)21-14(17-11)16-10-7-15-6-5-8(10)2/h5-7H,4H2,1-3H3,(H,16,17). The number of hydrogen-bond acceptors (Lipinski definition) is 7. The third-order valence-corrected chi connectivity index (χ3v) is 3.77. The van der Waals surface area contributed by atoms with Crippen LogP contribution in [-0.2, 0) is 4.74 Å². The van der Waals surface area contributed by atoms with Crippen molar-refractivity contribution in [3.05, 3.63) is 34.6 Å². The van der Waals surface area contributed by atoms with Crippen LogP contribution in [0.1, 0.15) is 39.6 Å². The molecule has 21 heavy (non-hydrogen) atoms. The lowest BCUT2D eigenvalue weighted by molar-refractivity contribution is 0.0517. The number of rotatable bonds is 5.